The van der Waals surface area contributed by atoms with Crippen LogP contribution in [-0.4, -0.2) is 20.8 Å². The highest BCUT2D eigenvalue weighted by Crippen LogP contribution is 2.48. The monoisotopic (exact) mass is 432 g/mol. The summed E-state index contributed by atoms with van der Waals surface area (Å²) in [5, 5.41) is 7.98. The van der Waals surface area contributed by atoms with E-state index in [9.17, 15) is 4.79 Å². The smallest absolute Gasteiger partial charge is 0.283 e. The molecule has 6 heteroatoms. The number of pyridine rings is 1. The van der Waals surface area contributed by atoms with Crippen LogP contribution in [0.1, 0.15) is 46.6 Å². The van der Waals surface area contributed by atoms with E-state index in [1.54, 1.807) is 18.6 Å². The second-order valence-electron chi connectivity index (χ2n) is 8.55. The molecular weight excluding hydrogens is 404 g/mol. The minimum Gasteiger partial charge on any atom is -0.380 e. The van der Waals surface area contributed by atoms with E-state index in [4.69, 9.17) is 0 Å². The standard InChI is InChI=1S/C21H29BrN4O/c1-13-10-17(14(2)15(3)21(13,4)5)25-18-11-24-26(20(27)19(18)22)12-16-6-8-23-9-7-16/h6-9,11,13-15,17,25H,10,12H2,1-5H3/t13-,14+,15+,17+/m0/s1. The van der Waals surface area contributed by atoms with Gasteiger partial charge in [-0.15, -0.1) is 0 Å². The SMILES string of the molecule is C[C@@H]1[C@@H](C)C(C)(C)[C@@H](C)C[C@H]1Nc1cnn(Cc2ccncc2)c(=O)c1Br. The van der Waals surface area contributed by atoms with Crippen molar-refractivity contribution in [3.63, 3.8) is 0 Å². The molecule has 0 spiro atoms. The number of hydrogen-bond donors (Lipinski definition) is 1. The number of anilines is 1. The Hall–Kier alpha value is -1.69. The number of nitrogens with zero attached hydrogens (tertiary/aromatic N) is 3. The molecule has 1 fully saturated rings. The van der Waals surface area contributed by atoms with Crippen LogP contribution in [0.4, 0.5) is 5.69 Å². The first-order valence-electron chi connectivity index (χ1n) is 9.63. The van der Waals surface area contributed by atoms with Gasteiger partial charge in [0.05, 0.1) is 18.4 Å². The summed E-state index contributed by atoms with van der Waals surface area (Å²) < 4.78 is 2.02. The Balaban J connectivity index is 1.80. The summed E-state index contributed by atoms with van der Waals surface area (Å²) in [5.41, 5.74) is 1.97. The average molecular weight is 433 g/mol. The first-order valence-corrected chi connectivity index (χ1v) is 10.4. The lowest BCUT2D eigenvalue weighted by Crippen LogP contribution is -2.48. The van der Waals surface area contributed by atoms with Crippen LogP contribution in [0.2, 0.25) is 0 Å². The predicted octanol–water partition coefficient (Wildman–Crippen LogP) is 4.57. The zero-order chi connectivity index (χ0) is 19.8. The number of nitrogens with one attached hydrogen (secondary N) is 1. The largest absolute Gasteiger partial charge is 0.380 e. The van der Waals surface area contributed by atoms with Crippen molar-refractivity contribution in [2.45, 2.75) is 53.6 Å². The lowest BCUT2D eigenvalue weighted by Gasteiger charge is -2.50. The van der Waals surface area contributed by atoms with Gasteiger partial charge in [-0.3, -0.25) is 9.78 Å². The maximum Gasteiger partial charge on any atom is 0.283 e. The molecule has 0 saturated heterocycles. The fourth-order valence-corrected chi connectivity index (χ4v) is 4.53. The molecule has 146 valence electrons. The number of rotatable bonds is 4. The second kappa shape index (κ2) is 7.74. The van der Waals surface area contributed by atoms with Gasteiger partial charge in [-0.2, -0.15) is 5.10 Å². The molecule has 1 saturated carbocycles. The maximum atomic E-state index is 12.7. The minimum atomic E-state index is -0.123. The summed E-state index contributed by atoms with van der Waals surface area (Å²) >= 11 is 3.50. The second-order valence-corrected chi connectivity index (χ2v) is 9.34. The van der Waals surface area contributed by atoms with Crippen LogP contribution in [0.5, 0.6) is 0 Å². The molecule has 2 heterocycles. The van der Waals surface area contributed by atoms with Crippen LogP contribution in [0.25, 0.3) is 0 Å². The molecule has 2 aromatic heterocycles. The van der Waals surface area contributed by atoms with Crippen LogP contribution in [0.3, 0.4) is 0 Å². The third-order valence-electron chi connectivity index (χ3n) is 6.88. The molecule has 1 aliphatic carbocycles. The van der Waals surface area contributed by atoms with E-state index in [0.717, 1.165) is 17.7 Å². The van der Waals surface area contributed by atoms with E-state index < -0.39 is 0 Å². The highest BCUT2D eigenvalue weighted by atomic mass is 79.9. The fraction of sp³-hybridized carbons (Fsp3) is 0.571. The average Bonchev–Trinajstić information content (AvgIpc) is 2.65. The van der Waals surface area contributed by atoms with Crippen LogP contribution >= 0.6 is 15.9 Å². The molecule has 0 radical (unpaired) electrons. The van der Waals surface area contributed by atoms with E-state index in [1.807, 2.05) is 12.1 Å². The van der Waals surface area contributed by atoms with Crippen molar-refractivity contribution in [3.8, 4) is 0 Å². The summed E-state index contributed by atoms with van der Waals surface area (Å²) in [5.74, 6) is 1.72. The third kappa shape index (κ3) is 3.96. The number of hydrogen-bond acceptors (Lipinski definition) is 4. The Morgan fingerprint density at radius 2 is 1.93 bits per heavy atom. The normalized spacial score (nSPS) is 27.3. The quantitative estimate of drug-likeness (QED) is 0.768. The Morgan fingerprint density at radius 1 is 1.26 bits per heavy atom. The van der Waals surface area contributed by atoms with Gasteiger partial charge >= 0.3 is 0 Å². The fourth-order valence-electron chi connectivity index (χ4n) is 4.10. The molecule has 2 aromatic rings. The van der Waals surface area contributed by atoms with Crippen LogP contribution in [0.15, 0.2) is 40.0 Å². The van der Waals surface area contributed by atoms with Crippen molar-refractivity contribution in [2.24, 2.45) is 23.2 Å². The Bertz CT molecular complexity index is 849. The summed E-state index contributed by atoms with van der Waals surface area (Å²) in [6, 6.07) is 4.11. The van der Waals surface area contributed by atoms with Gasteiger partial charge in [-0.1, -0.05) is 34.6 Å². The van der Waals surface area contributed by atoms with Crippen molar-refractivity contribution in [1.29, 1.82) is 0 Å². The van der Waals surface area contributed by atoms with Crippen molar-refractivity contribution in [1.82, 2.24) is 14.8 Å². The first-order chi connectivity index (χ1) is 12.7. The summed E-state index contributed by atoms with van der Waals surface area (Å²) in [6.45, 7) is 12.1. The predicted molar refractivity (Wildman–Crippen MR) is 113 cm³/mol. The van der Waals surface area contributed by atoms with Gasteiger partial charge in [0.15, 0.2) is 0 Å². The summed E-state index contributed by atoms with van der Waals surface area (Å²) in [4.78, 5) is 16.8. The zero-order valence-electron chi connectivity index (χ0n) is 16.7. The molecule has 1 N–H and O–H groups in total. The molecule has 0 aromatic carbocycles. The topological polar surface area (TPSA) is 59.8 Å². The van der Waals surface area contributed by atoms with Crippen molar-refractivity contribution in [2.75, 3.05) is 5.32 Å². The Kier molecular flexibility index (Phi) is 5.75. The molecule has 0 unspecified atom stereocenters. The van der Waals surface area contributed by atoms with Crippen LogP contribution in [-0.2, 0) is 6.54 Å². The summed E-state index contributed by atoms with van der Waals surface area (Å²) in [7, 11) is 0. The van der Waals surface area contributed by atoms with Crippen LogP contribution in [0, 0.1) is 23.2 Å². The molecule has 5 nitrogen and oxygen atoms in total. The van der Waals surface area contributed by atoms with E-state index >= 15 is 0 Å². The van der Waals surface area contributed by atoms with E-state index in [-0.39, 0.29) is 5.56 Å². The van der Waals surface area contributed by atoms with E-state index in [0.29, 0.717) is 40.2 Å². The van der Waals surface area contributed by atoms with Gasteiger partial charge in [0, 0.05) is 18.4 Å². The van der Waals surface area contributed by atoms with Gasteiger partial charge in [-0.05, 0) is 63.2 Å². The molecule has 27 heavy (non-hydrogen) atoms. The van der Waals surface area contributed by atoms with Crippen LogP contribution < -0.4 is 10.9 Å². The summed E-state index contributed by atoms with van der Waals surface area (Å²) in [6.07, 6.45) is 6.29. The lowest BCUT2D eigenvalue weighted by molar-refractivity contribution is 0.0316. The van der Waals surface area contributed by atoms with Crippen molar-refractivity contribution in [3.05, 3.63) is 51.1 Å². The van der Waals surface area contributed by atoms with Gasteiger partial charge in [-0.25, -0.2) is 4.68 Å². The number of halogens is 1. The van der Waals surface area contributed by atoms with Gasteiger partial charge in [0.1, 0.15) is 4.47 Å². The minimum absolute atomic E-state index is 0.123. The highest BCUT2D eigenvalue weighted by molar-refractivity contribution is 9.10. The first kappa shape index (κ1) is 20.1. The lowest BCUT2D eigenvalue weighted by atomic mass is 9.58. The molecule has 0 bridgehead atoms. The Morgan fingerprint density at radius 3 is 2.59 bits per heavy atom. The number of aromatic nitrogens is 3. The zero-order valence-corrected chi connectivity index (χ0v) is 18.3. The maximum absolute atomic E-state index is 12.7. The Labute approximate surface area is 169 Å². The van der Waals surface area contributed by atoms with Crippen molar-refractivity contribution >= 4 is 21.6 Å². The highest BCUT2D eigenvalue weighted by Gasteiger charge is 2.43. The van der Waals surface area contributed by atoms with E-state index in [2.05, 4.69) is 65.9 Å². The molecule has 0 amide bonds. The molecule has 3 rings (SSSR count). The van der Waals surface area contributed by atoms with Gasteiger partial charge in [0.25, 0.3) is 5.56 Å². The molecule has 0 aliphatic heterocycles. The molecular formula is C21H29BrN4O. The van der Waals surface area contributed by atoms with E-state index in [1.165, 1.54) is 4.68 Å². The van der Waals surface area contributed by atoms with Crippen molar-refractivity contribution < 1.29 is 0 Å². The van der Waals surface area contributed by atoms with Gasteiger partial charge < -0.3 is 5.32 Å². The van der Waals surface area contributed by atoms with Gasteiger partial charge in [0.2, 0.25) is 0 Å². The molecule has 4 atom stereocenters. The third-order valence-corrected chi connectivity index (χ3v) is 7.65. The molecule has 1 aliphatic rings.